The first kappa shape index (κ1) is 29.8. The Morgan fingerprint density at radius 3 is 2.59 bits per heavy atom. The predicted molar refractivity (Wildman–Crippen MR) is 177 cm³/mol. The molecular formula is C34H35ClN8O3. The van der Waals surface area contributed by atoms with Crippen molar-refractivity contribution in [2.75, 3.05) is 30.4 Å². The van der Waals surface area contributed by atoms with Gasteiger partial charge in [-0.1, -0.05) is 54.1 Å². The van der Waals surface area contributed by atoms with Crippen molar-refractivity contribution in [3.8, 4) is 17.0 Å². The number of hydrogen-bond acceptors (Lipinski definition) is 9. The van der Waals surface area contributed by atoms with Gasteiger partial charge in [-0.15, -0.1) is 0 Å². The minimum atomic E-state index is -0.351. The largest absolute Gasteiger partial charge is 0.497 e. The molecule has 1 aliphatic heterocycles. The van der Waals surface area contributed by atoms with Gasteiger partial charge in [0, 0.05) is 37.4 Å². The number of alkyl carbamates (subject to hydrolysis) is 1. The number of nitrogens with zero attached hydrogens (tertiary/aromatic N) is 5. The lowest BCUT2D eigenvalue weighted by atomic mass is 9.59. The molecule has 236 valence electrons. The third-order valence-electron chi connectivity index (χ3n) is 9.29. The summed E-state index contributed by atoms with van der Waals surface area (Å²) in [7, 11) is 1.65. The summed E-state index contributed by atoms with van der Waals surface area (Å²) in [6, 6.07) is 19.5. The van der Waals surface area contributed by atoms with Gasteiger partial charge in [0.2, 0.25) is 5.65 Å². The number of halogens is 1. The molecule has 1 atom stereocenters. The number of hydrogen-bond donors (Lipinski definition) is 3. The third-order valence-corrected chi connectivity index (χ3v) is 9.67. The van der Waals surface area contributed by atoms with E-state index in [1.165, 1.54) is 0 Å². The van der Waals surface area contributed by atoms with Crippen molar-refractivity contribution in [2.24, 2.45) is 5.41 Å². The van der Waals surface area contributed by atoms with Gasteiger partial charge in [0.25, 0.3) is 0 Å². The van der Waals surface area contributed by atoms with Crippen LogP contribution < -0.4 is 20.3 Å². The first-order valence-electron chi connectivity index (χ1n) is 15.5. The summed E-state index contributed by atoms with van der Waals surface area (Å²) >= 11 is 6.82. The lowest BCUT2D eigenvalue weighted by Gasteiger charge is -2.53. The molecule has 3 N–H and O–H groups in total. The molecule has 46 heavy (non-hydrogen) atoms. The molecule has 11 nitrogen and oxygen atoms in total. The molecule has 1 saturated heterocycles. The van der Waals surface area contributed by atoms with Crippen LogP contribution in [0.4, 0.5) is 16.4 Å². The Labute approximate surface area is 271 Å². The molecule has 1 unspecified atom stereocenters. The number of carbonyl (C=O) groups excluding carboxylic acids is 1. The highest BCUT2D eigenvalue weighted by Crippen LogP contribution is 2.49. The zero-order valence-electron chi connectivity index (χ0n) is 25.5. The predicted octanol–water partition coefficient (Wildman–Crippen LogP) is 6.36. The minimum Gasteiger partial charge on any atom is -0.497 e. The van der Waals surface area contributed by atoms with Crippen LogP contribution in [0.1, 0.15) is 36.8 Å². The molecule has 0 bridgehead atoms. The molecule has 1 spiro atoms. The van der Waals surface area contributed by atoms with E-state index in [1.807, 2.05) is 60.7 Å². The number of methoxy groups -OCH3 is 1. The molecule has 1 saturated carbocycles. The highest BCUT2D eigenvalue weighted by molar-refractivity contribution is 6.35. The minimum absolute atomic E-state index is 0.0938. The number of carbonyl (C=O) groups is 1. The molecule has 12 heteroatoms. The van der Waals surface area contributed by atoms with Crippen LogP contribution in [-0.4, -0.2) is 57.5 Å². The first-order chi connectivity index (χ1) is 22.5. The van der Waals surface area contributed by atoms with E-state index in [9.17, 15) is 4.79 Å². The first-order valence-corrected chi connectivity index (χ1v) is 15.8. The Bertz CT molecular complexity index is 1820. The SMILES string of the molecule is COc1ccc(CNc2nccc(-c3[nH]nc4nc(N5CCC6(CCC6NC(=O)OCc6ccccc6)CC5)cnc34)c2Cl)cc1. The molecule has 7 rings (SSSR count). The Morgan fingerprint density at radius 2 is 1.85 bits per heavy atom. The smallest absolute Gasteiger partial charge is 0.407 e. The second kappa shape index (κ2) is 12.8. The molecule has 2 aliphatic rings. The van der Waals surface area contributed by atoms with E-state index in [4.69, 9.17) is 31.0 Å². The number of anilines is 2. The van der Waals surface area contributed by atoms with Crippen molar-refractivity contribution in [3.05, 3.63) is 89.2 Å². The molecule has 3 aromatic heterocycles. The molecule has 0 radical (unpaired) electrons. The van der Waals surface area contributed by atoms with Gasteiger partial charge in [-0.05, 0) is 60.4 Å². The van der Waals surface area contributed by atoms with Crippen LogP contribution in [0.3, 0.4) is 0 Å². The summed E-state index contributed by atoms with van der Waals surface area (Å²) in [5.74, 6) is 2.16. The fourth-order valence-corrected chi connectivity index (χ4v) is 6.70. The average Bonchev–Trinajstić information content (AvgIpc) is 3.52. The average molecular weight is 639 g/mol. The van der Waals surface area contributed by atoms with Crippen LogP contribution in [0.15, 0.2) is 73.1 Å². The highest BCUT2D eigenvalue weighted by atomic mass is 35.5. The van der Waals surface area contributed by atoms with Crippen molar-refractivity contribution in [1.82, 2.24) is 30.5 Å². The summed E-state index contributed by atoms with van der Waals surface area (Å²) < 4.78 is 10.7. The number of pyridine rings is 1. The maximum atomic E-state index is 12.5. The Kier molecular flexibility index (Phi) is 8.32. The van der Waals surface area contributed by atoms with E-state index in [0.717, 1.165) is 67.0 Å². The number of piperidine rings is 1. The Balaban J connectivity index is 0.978. The van der Waals surface area contributed by atoms with Gasteiger partial charge in [0.05, 0.1) is 24.0 Å². The van der Waals surface area contributed by atoms with Gasteiger partial charge in [-0.25, -0.2) is 19.7 Å². The van der Waals surface area contributed by atoms with Crippen LogP contribution in [-0.2, 0) is 17.9 Å². The summed E-state index contributed by atoms with van der Waals surface area (Å²) in [6.07, 6.45) is 7.15. The third kappa shape index (κ3) is 6.02. The van der Waals surface area contributed by atoms with Crippen molar-refractivity contribution in [2.45, 2.75) is 44.9 Å². The van der Waals surface area contributed by atoms with Crippen LogP contribution in [0.2, 0.25) is 5.02 Å². The van der Waals surface area contributed by atoms with E-state index < -0.39 is 0 Å². The molecule has 2 fully saturated rings. The highest BCUT2D eigenvalue weighted by Gasteiger charge is 2.49. The normalized spacial score (nSPS) is 17.0. The standard InChI is InChI=1S/C34H35ClN8O3/c1-45-24-9-7-22(8-10-24)19-38-31-28(35)25(12-16-36-31)29-30-32(42-41-29)40-27(20-37-30)43-17-14-34(15-18-43)13-11-26(34)39-33(44)46-21-23-5-3-2-4-6-23/h2-10,12,16,20,26H,11,13-15,17-19,21H2,1H3,(H,36,38)(H,39,44)(H,40,41,42). The van der Waals surface area contributed by atoms with E-state index >= 15 is 0 Å². The van der Waals surface area contributed by atoms with Gasteiger partial charge in [0.1, 0.15) is 29.5 Å². The van der Waals surface area contributed by atoms with Gasteiger partial charge in [-0.2, -0.15) is 5.10 Å². The zero-order valence-corrected chi connectivity index (χ0v) is 26.3. The molecular weight excluding hydrogens is 604 g/mol. The second-order valence-electron chi connectivity index (χ2n) is 11.9. The molecule has 2 aromatic carbocycles. The number of H-pyrrole nitrogens is 1. The lowest BCUT2D eigenvalue weighted by molar-refractivity contribution is 0.0315. The molecule has 1 amide bonds. The van der Waals surface area contributed by atoms with E-state index in [1.54, 1.807) is 19.5 Å². The number of benzene rings is 2. The maximum Gasteiger partial charge on any atom is 0.407 e. The van der Waals surface area contributed by atoms with Crippen LogP contribution in [0, 0.1) is 5.41 Å². The number of aromatic amines is 1. The van der Waals surface area contributed by atoms with E-state index in [-0.39, 0.29) is 24.2 Å². The van der Waals surface area contributed by atoms with Gasteiger partial charge < -0.3 is 25.0 Å². The molecule has 5 aromatic rings. The van der Waals surface area contributed by atoms with Crippen LogP contribution in [0.5, 0.6) is 5.75 Å². The van der Waals surface area contributed by atoms with Crippen molar-refractivity contribution in [3.63, 3.8) is 0 Å². The van der Waals surface area contributed by atoms with Crippen molar-refractivity contribution >= 4 is 40.5 Å². The summed E-state index contributed by atoms with van der Waals surface area (Å²) in [5.41, 5.74) is 4.74. The summed E-state index contributed by atoms with van der Waals surface area (Å²) in [4.78, 5) is 28.8. The maximum absolute atomic E-state index is 12.5. The summed E-state index contributed by atoms with van der Waals surface area (Å²) in [6.45, 7) is 2.48. The Hall–Kier alpha value is -4.90. The van der Waals surface area contributed by atoms with Gasteiger partial charge in [0.15, 0.2) is 0 Å². The monoisotopic (exact) mass is 638 g/mol. The molecule has 1 aliphatic carbocycles. The number of ether oxygens (including phenoxy) is 2. The molecule has 4 heterocycles. The van der Waals surface area contributed by atoms with Gasteiger partial charge in [-0.3, -0.25) is 5.10 Å². The lowest BCUT2D eigenvalue weighted by Crippen LogP contribution is -2.59. The number of nitrogens with one attached hydrogen (secondary N) is 3. The second-order valence-corrected chi connectivity index (χ2v) is 12.2. The number of amides is 1. The van der Waals surface area contributed by atoms with Crippen LogP contribution in [0.25, 0.3) is 22.4 Å². The summed E-state index contributed by atoms with van der Waals surface area (Å²) in [5, 5.41) is 14.5. The number of aromatic nitrogens is 5. The topological polar surface area (TPSA) is 130 Å². The van der Waals surface area contributed by atoms with E-state index in [2.05, 4.69) is 30.7 Å². The quantitative estimate of drug-likeness (QED) is 0.169. The van der Waals surface area contributed by atoms with Crippen LogP contribution >= 0.6 is 11.6 Å². The van der Waals surface area contributed by atoms with E-state index in [0.29, 0.717) is 34.2 Å². The fourth-order valence-electron chi connectivity index (χ4n) is 6.42. The fraction of sp³-hybridized carbons (Fsp3) is 0.324. The van der Waals surface area contributed by atoms with Gasteiger partial charge >= 0.3 is 6.09 Å². The van der Waals surface area contributed by atoms with Crippen molar-refractivity contribution < 1.29 is 14.3 Å². The zero-order chi connectivity index (χ0) is 31.5. The Morgan fingerprint density at radius 1 is 1.04 bits per heavy atom. The van der Waals surface area contributed by atoms with Crippen molar-refractivity contribution in [1.29, 1.82) is 0 Å². The number of fused-ring (bicyclic) bond motifs is 1. The number of rotatable bonds is 9.